The highest BCUT2D eigenvalue weighted by atomic mass is 16.3. The summed E-state index contributed by atoms with van der Waals surface area (Å²) in [5, 5.41) is 9.30. The van der Waals surface area contributed by atoms with Crippen molar-refractivity contribution in [2.45, 2.75) is 19.9 Å². The second kappa shape index (κ2) is 10.5. The average molecular weight is 456 g/mol. The number of hydrogen-bond acceptors (Lipinski definition) is 4. The van der Waals surface area contributed by atoms with Crippen LogP contribution in [-0.2, 0) is 17.8 Å². The number of anilines is 1. The van der Waals surface area contributed by atoms with Gasteiger partial charge in [-0.2, -0.15) is 0 Å². The van der Waals surface area contributed by atoms with Crippen LogP contribution >= 0.6 is 0 Å². The lowest BCUT2D eigenvalue weighted by molar-refractivity contribution is -0.120. The molecule has 7 heteroatoms. The topological polar surface area (TPSA) is 100 Å². The van der Waals surface area contributed by atoms with Crippen LogP contribution in [0.15, 0.2) is 83.3 Å². The van der Waals surface area contributed by atoms with Crippen molar-refractivity contribution < 1.29 is 18.8 Å². The third-order valence-corrected chi connectivity index (χ3v) is 5.24. The summed E-state index contributed by atoms with van der Waals surface area (Å²) in [7, 11) is 0. The van der Waals surface area contributed by atoms with Crippen LogP contribution in [0.5, 0.6) is 0 Å². The summed E-state index contributed by atoms with van der Waals surface area (Å²) in [4.78, 5) is 36.8. The molecule has 0 fully saturated rings. The molecule has 172 valence electrons. The molecule has 0 saturated carbocycles. The Balaban J connectivity index is 1.29. The largest absolute Gasteiger partial charge is 0.451 e. The van der Waals surface area contributed by atoms with Gasteiger partial charge in [-0.15, -0.1) is 0 Å². The maximum atomic E-state index is 12.5. The van der Waals surface area contributed by atoms with E-state index in [9.17, 15) is 14.4 Å². The van der Waals surface area contributed by atoms with Gasteiger partial charge >= 0.3 is 0 Å². The van der Waals surface area contributed by atoms with Crippen LogP contribution in [-0.4, -0.2) is 24.3 Å². The first kappa shape index (κ1) is 22.8. The van der Waals surface area contributed by atoms with E-state index in [2.05, 4.69) is 16.0 Å². The van der Waals surface area contributed by atoms with E-state index >= 15 is 0 Å². The fourth-order valence-electron chi connectivity index (χ4n) is 3.53. The van der Waals surface area contributed by atoms with Gasteiger partial charge in [0.15, 0.2) is 5.76 Å². The van der Waals surface area contributed by atoms with E-state index in [1.807, 2.05) is 37.3 Å². The molecule has 0 bridgehead atoms. The Morgan fingerprint density at radius 1 is 0.794 bits per heavy atom. The fourth-order valence-corrected chi connectivity index (χ4v) is 3.53. The predicted octanol–water partition coefficient (Wildman–Crippen LogP) is 4.29. The van der Waals surface area contributed by atoms with E-state index in [1.54, 1.807) is 48.5 Å². The lowest BCUT2D eigenvalue weighted by Gasteiger charge is -2.08. The summed E-state index contributed by atoms with van der Waals surface area (Å²) in [6.45, 7) is 2.75. The van der Waals surface area contributed by atoms with Crippen molar-refractivity contribution in [2.75, 3.05) is 11.9 Å². The molecule has 0 aliphatic rings. The fraction of sp³-hybridized carbons (Fsp3) is 0.148. The van der Waals surface area contributed by atoms with Crippen LogP contribution in [0, 0.1) is 0 Å². The molecular weight excluding hydrogens is 430 g/mol. The zero-order chi connectivity index (χ0) is 23.9. The van der Waals surface area contributed by atoms with Crippen molar-refractivity contribution in [3.63, 3.8) is 0 Å². The number of para-hydroxylation sites is 1. The first-order chi connectivity index (χ1) is 16.5. The summed E-state index contributed by atoms with van der Waals surface area (Å²) in [6.07, 6.45) is 0.202. The minimum Gasteiger partial charge on any atom is -0.451 e. The molecule has 3 aromatic carbocycles. The number of benzene rings is 3. The Labute approximate surface area is 197 Å². The first-order valence-corrected chi connectivity index (χ1v) is 11.0. The maximum absolute atomic E-state index is 12.5. The minimum absolute atomic E-state index is 0.136. The van der Waals surface area contributed by atoms with Gasteiger partial charge in [0.2, 0.25) is 5.91 Å². The minimum atomic E-state index is -0.337. The van der Waals surface area contributed by atoms with Crippen molar-refractivity contribution in [3.05, 3.63) is 101 Å². The van der Waals surface area contributed by atoms with E-state index in [0.717, 1.165) is 16.5 Å². The van der Waals surface area contributed by atoms with Crippen LogP contribution in [0.2, 0.25) is 0 Å². The van der Waals surface area contributed by atoms with E-state index in [0.29, 0.717) is 29.9 Å². The number of hydrogen-bond donors (Lipinski definition) is 3. The monoisotopic (exact) mass is 455 g/mol. The van der Waals surface area contributed by atoms with Crippen molar-refractivity contribution in [1.82, 2.24) is 10.6 Å². The molecule has 1 heterocycles. The average Bonchev–Trinajstić information content (AvgIpc) is 3.29. The number of fused-ring (bicyclic) bond motifs is 1. The summed E-state index contributed by atoms with van der Waals surface area (Å²) in [5.74, 6) is -0.372. The second-order valence-corrected chi connectivity index (χ2v) is 7.81. The molecule has 34 heavy (non-hydrogen) atoms. The highest BCUT2D eigenvalue weighted by Gasteiger charge is 2.13. The van der Waals surface area contributed by atoms with Gasteiger partial charge in [-0.1, -0.05) is 42.5 Å². The van der Waals surface area contributed by atoms with Crippen LogP contribution in [0.25, 0.3) is 11.0 Å². The lowest BCUT2D eigenvalue weighted by Crippen LogP contribution is -2.25. The van der Waals surface area contributed by atoms with Gasteiger partial charge in [-0.25, -0.2) is 0 Å². The number of amides is 3. The Hall–Kier alpha value is -4.39. The molecule has 0 unspecified atom stereocenters. The molecule has 0 atom stereocenters. The highest BCUT2D eigenvalue weighted by molar-refractivity contribution is 6.04. The molecule has 0 radical (unpaired) electrons. The standard InChI is InChI=1S/C27H25N3O4/c1-2-28-26(32)21-8-5-6-19(14-21)17-29-25(31)15-18-10-12-22(13-11-18)30-27(33)24-16-20-7-3-4-9-23(20)34-24/h3-14,16H,2,15,17H2,1H3,(H,28,32)(H,29,31)(H,30,33). The van der Waals surface area contributed by atoms with Crippen LogP contribution in [0.3, 0.4) is 0 Å². The van der Waals surface area contributed by atoms with Gasteiger partial charge in [0.1, 0.15) is 5.58 Å². The van der Waals surface area contributed by atoms with E-state index in [4.69, 9.17) is 4.42 Å². The van der Waals surface area contributed by atoms with Gasteiger partial charge in [-0.3, -0.25) is 14.4 Å². The Morgan fingerprint density at radius 3 is 2.35 bits per heavy atom. The van der Waals surface area contributed by atoms with Gasteiger partial charge in [0.05, 0.1) is 6.42 Å². The quantitative estimate of drug-likeness (QED) is 0.369. The number of rotatable bonds is 8. The normalized spacial score (nSPS) is 10.6. The lowest BCUT2D eigenvalue weighted by atomic mass is 10.1. The zero-order valence-electron chi connectivity index (χ0n) is 18.8. The summed E-state index contributed by atoms with van der Waals surface area (Å²) in [6, 6.07) is 23.4. The molecule has 3 amide bonds. The summed E-state index contributed by atoms with van der Waals surface area (Å²) in [5.41, 5.74) is 3.49. The maximum Gasteiger partial charge on any atom is 0.291 e. The van der Waals surface area contributed by atoms with Gasteiger partial charge in [-0.05, 0) is 54.4 Å². The Kier molecular flexibility index (Phi) is 7.03. The van der Waals surface area contributed by atoms with Crippen molar-refractivity contribution in [3.8, 4) is 0 Å². The smallest absolute Gasteiger partial charge is 0.291 e. The Morgan fingerprint density at radius 2 is 1.59 bits per heavy atom. The van der Waals surface area contributed by atoms with Gasteiger partial charge in [0.25, 0.3) is 11.8 Å². The number of nitrogens with one attached hydrogen (secondary N) is 3. The second-order valence-electron chi connectivity index (χ2n) is 7.81. The van der Waals surface area contributed by atoms with Gasteiger partial charge in [0, 0.05) is 29.7 Å². The molecule has 3 N–H and O–H groups in total. The number of carbonyl (C=O) groups is 3. The Bertz CT molecular complexity index is 1290. The van der Waals surface area contributed by atoms with Crippen LogP contribution in [0.4, 0.5) is 5.69 Å². The van der Waals surface area contributed by atoms with Gasteiger partial charge < -0.3 is 20.4 Å². The molecule has 7 nitrogen and oxygen atoms in total. The van der Waals surface area contributed by atoms with Crippen molar-refractivity contribution >= 4 is 34.4 Å². The molecule has 0 aliphatic carbocycles. The molecule has 0 saturated heterocycles. The van der Waals surface area contributed by atoms with Crippen LogP contribution < -0.4 is 16.0 Å². The summed E-state index contributed by atoms with van der Waals surface area (Å²) < 4.78 is 5.59. The molecule has 4 rings (SSSR count). The molecule has 0 spiro atoms. The zero-order valence-corrected chi connectivity index (χ0v) is 18.8. The molecule has 4 aromatic rings. The molecule has 1 aromatic heterocycles. The SMILES string of the molecule is CCNC(=O)c1cccc(CNC(=O)Cc2ccc(NC(=O)c3cc4ccccc4o3)cc2)c1. The van der Waals surface area contributed by atoms with Crippen molar-refractivity contribution in [1.29, 1.82) is 0 Å². The van der Waals surface area contributed by atoms with Crippen molar-refractivity contribution in [2.24, 2.45) is 0 Å². The number of furan rings is 1. The number of carbonyl (C=O) groups excluding carboxylic acids is 3. The summed E-state index contributed by atoms with van der Waals surface area (Å²) >= 11 is 0. The molecule has 0 aliphatic heterocycles. The van der Waals surface area contributed by atoms with E-state index in [1.165, 1.54) is 0 Å². The third kappa shape index (κ3) is 5.69. The predicted molar refractivity (Wildman–Crippen MR) is 131 cm³/mol. The molecular formula is C27H25N3O4. The highest BCUT2D eigenvalue weighted by Crippen LogP contribution is 2.20. The van der Waals surface area contributed by atoms with Crippen LogP contribution in [0.1, 0.15) is 39.0 Å². The first-order valence-electron chi connectivity index (χ1n) is 11.0. The van der Waals surface area contributed by atoms with E-state index in [-0.39, 0.29) is 29.9 Å². The van der Waals surface area contributed by atoms with E-state index < -0.39 is 0 Å². The third-order valence-electron chi connectivity index (χ3n) is 5.24.